The molecule has 1 aliphatic carbocycles. The summed E-state index contributed by atoms with van der Waals surface area (Å²) in [6.45, 7) is 1.61. The van der Waals surface area contributed by atoms with E-state index in [-0.39, 0.29) is 18.2 Å². The molecule has 1 amide bonds. The Balaban J connectivity index is 1.55. The van der Waals surface area contributed by atoms with Crippen molar-refractivity contribution in [2.75, 3.05) is 19.5 Å². The molecule has 40 heavy (non-hydrogen) atoms. The average molecular weight is 543 g/mol. The summed E-state index contributed by atoms with van der Waals surface area (Å²) in [5, 5.41) is 13.1. The Kier molecular flexibility index (Phi) is 8.00. The lowest BCUT2D eigenvalue weighted by Gasteiger charge is -2.23. The number of amides is 1. The normalized spacial score (nSPS) is 13.8. The molecule has 0 spiro atoms. The van der Waals surface area contributed by atoms with Crippen LogP contribution in [0.1, 0.15) is 53.7 Å². The first-order valence-electron chi connectivity index (χ1n) is 13.6. The molecule has 4 aromatic rings. The fourth-order valence-electron chi connectivity index (χ4n) is 5.66. The van der Waals surface area contributed by atoms with Crippen LogP contribution in [0.2, 0.25) is 0 Å². The molecule has 1 aliphatic rings. The van der Waals surface area contributed by atoms with Crippen molar-refractivity contribution in [2.45, 2.75) is 52.0 Å². The number of carbonyl (C=O) groups excluding carboxylic acids is 1. The van der Waals surface area contributed by atoms with E-state index in [1.807, 2.05) is 37.3 Å². The molecule has 2 aromatic heterocycles. The lowest BCUT2D eigenvalue weighted by Crippen LogP contribution is -2.21. The summed E-state index contributed by atoms with van der Waals surface area (Å²) in [4.78, 5) is 34.4. The highest BCUT2D eigenvalue weighted by Gasteiger charge is 2.23. The molecule has 1 fully saturated rings. The standard InChI is InChI=1S/C31H34N4O5/c1-19-13-27(40-3)23(16-26(19)39-2)29-22(14-20-9-5-4-6-10-20)17-32-31(33-29)34-30(38)25-15-21-11-7-8-12-24(21)35(25)18-28(36)37/h7-8,11-13,15-17,20H,4-6,9-10,14,18H2,1-3H3,(H,36,37)(H,32,33,34,38). The van der Waals surface area contributed by atoms with Crippen LogP contribution in [0.5, 0.6) is 11.5 Å². The van der Waals surface area contributed by atoms with Gasteiger partial charge in [0, 0.05) is 22.7 Å². The van der Waals surface area contributed by atoms with Crippen molar-refractivity contribution in [1.82, 2.24) is 14.5 Å². The predicted molar refractivity (Wildman–Crippen MR) is 153 cm³/mol. The predicted octanol–water partition coefficient (Wildman–Crippen LogP) is 5.88. The number of hydrogen-bond donors (Lipinski definition) is 2. The van der Waals surface area contributed by atoms with Gasteiger partial charge in [-0.05, 0) is 54.7 Å². The number of aromatic nitrogens is 3. The van der Waals surface area contributed by atoms with Crippen molar-refractivity contribution in [3.63, 3.8) is 0 Å². The SMILES string of the molecule is COc1cc(-c2nc(NC(=O)c3cc4ccccc4n3CC(=O)O)ncc2CC2CCCCC2)c(OC)cc1C. The lowest BCUT2D eigenvalue weighted by molar-refractivity contribution is -0.137. The van der Waals surface area contributed by atoms with Gasteiger partial charge in [-0.3, -0.25) is 14.9 Å². The maximum absolute atomic E-state index is 13.5. The third-order valence-electron chi connectivity index (χ3n) is 7.63. The molecule has 2 aromatic carbocycles. The highest BCUT2D eigenvalue weighted by molar-refractivity contribution is 6.06. The van der Waals surface area contributed by atoms with Crippen molar-refractivity contribution in [3.05, 3.63) is 65.5 Å². The summed E-state index contributed by atoms with van der Waals surface area (Å²) in [7, 11) is 3.25. The van der Waals surface area contributed by atoms with Crippen LogP contribution in [0.4, 0.5) is 5.95 Å². The summed E-state index contributed by atoms with van der Waals surface area (Å²) in [6, 6.07) is 12.8. The second kappa shape index (κ2) is 11.8. The minimum atomic E-state index is -1.04. The van der Waals surface area contributed by atoms with Crippen LogP contribution in [0.15, 0.2) is 48.7 Å². The van der Waals surface area contributed by atoms with Crippen LogP contribution in [0, 0.1) is 12.8 Å². The van der Waals surface area contributed by atoms with E-state index in [0.717, 1.165) is 28.5 Å². The van der Waals surface area contributed by atoms with Crippen LogP contribution in [0.25, 0.3) is 22.2 Å². The van der Waals surface area contributed by atoms with Crippen LogP contribution in [-0.4, -0.2) is 45.7 Å². The Bertz CT molecular complexity index is 1560. The molecule has 2 heterocycles. The van der Waals surface area contributed by atoms with Gasteiger partial charge in [0.15, 0.2) is 0 Å². The maximum Gasteiger partial charge on any atom is 0.323 e. The number of benzene rings is 2. The fourth-order valence-corrected chi connectivity index (χ4v) is 5.66. The van der Waals surface area contributed by atoms with Gasteiger partial charge < -0.3 is 19.1 Å². The van der Waals surface area contributed by atoms with E-state index in [9.17, 15) is 14.7 Å². The number of carboxylic acid groups (broad SMARTS) is 1. The van der Waals surface area contributed by atoms with Crippen molar-refractivity contribution in [2.24, 2.45) is 5.92 Å². The van der Waals surface area contributed by atoms with E-state index in [2.05, 4.69) is 10.3 Å². The summed E-state index contributed by atoms with van der Waals surface area (Å²) in [5.41, 5.74) is 4.23. The van der Waals surface area contributed by atoms with Crippen molar-refractivity contribution < 1.29 is 24.2 Å². The van der Waals surface area contributed by atoms with Gasteiger partial charge in [-0.25, -0.2) is 9.97 Å². The number of nitrogens with zero attached hydrogens (tertiary/aromatic N) is 3. The molecule has 0 radical (unpaired) electrons. The third-order valence-corrected chi connectivity index (χ3v) is 7.63. The molecule has 0 bridgehead atoms. The zero-order valence-corrected chi connectivity index (χ0v) is 23.1. The van der Waals surface area contributed by atoms with Crippen LogP contribution < -0.4 is 14.8 Å². The number of aliphatic carboxylic acids is 1. The molecular weight excluding hydrogens is 508 g/mol. The molecule has 0 aliphatic heterocycles. The van der Waals surface area contributed by atoms with Gasteiger partial charge >= 0.3 is 5.97 Å². The first-order valence-corrected chi connectivity index (χ1v) is 13.6. The smallest absolute Gasteiger partial charge is 0.323 e. The second-order valence-electron chi connectivity index (χ2n) is 10.3. The largest absolute Gasteiger partial charge is 0.496 e. The third kappa shape index (κ3) is 5.64. The van der Waals surface area contributed by atoms with Crippen LogP contribution in [0.3, 0.4) is 0 Å². The van der Waals surface area contributed by atoms with Crippen LogP contribution in [-0.2, 0) is 17.8 Å². The minimum absolute atomic E-state index is 0.126. The van der Waals surface area contributed by atoms with Gasteiger partial charge in [0.05, 0.1) is 19.9 Å². The number of fused-ring (bicyclic) bond motifs is 1. The molecule has 0 atom stereocenters. The molecule has 0 saturated heterocycles. The summed E-state index contributed by atoms with van der Waals surface area (Å²) in [5.74, 6) is 0.503. The van der Waals surface area contributed by atoms with E-state index >= 15 is 0 Å². The summed E-state index contributed by atoms with van der Waals surface area (Å²) >= 11 is 0. The highest BCUT2D eigenvalue weighted by atomic mass is 16.5. The zero-order valence-electron chi connectivity index (χ0n) is 23.1. The highest BCUT2D eigenvalue weighted by Crippen LogP contribution is 2.38. The van der Waals surface area contributed by atoms with Crippen molar-refractivity contribution in [1.29, 1.82) is 0 Å². The number of carboxylic acids is 1. The number of para-hydroxylation sites is 1. The second-order valence-corrected chi connectivity index (χ2v) is 10.3. The molecule has 0 unspecified atom stereocenters. The molecule has 208 valence electrons. The van der Waals surface area contributed by atoms with Gasteiger partial charge in [-0.1, -0.05) is 50.3 Å². The average Bonchev–Trinajstić information content (AvgIpc) is 3.32. The Labute approximate surface area is 233 Å². The number of methoxy groups -OCH3 is 2. The van der Waals surface area contributed by atoms with E-state index in [0.29, 0.717) is 28.6 Å². The van der Waals surface area contributed by atoms with E-state index in [1.54, 1.807) is 32.5 Å². The fraction of sp³-hybridized carbons (Fsp3) is 0.355. The Morgan fingerprint density at radius 1 is 1.05 bits per heavy atom. The zero-order chi connectivity index (χ0) is 28.2. The Hall–Kier alpha value is -4.40. The van der Waals surface area contributed by atoms with E-state index < -0.39 is 11.9 Å². The first kappa shape index (κ1) is 27.2. The molecule has 9 nitrogen and oxygen atoms in total. The minimum Gasteiger partial charge on any atom is -0.496 e. The number of aryl methyl sites for hydroxylation is 1. The topological polar surface area (TPSA) is 116 Å². The number of carbonyl (C=O) groups is 2. The molecule has 5 rings (SSSR count). The van der Waals surface area contributed by atoms with Gasteiger partial charge in [0.25, 0.3) is 5.91 Å². The first-order chi connectivity index (χ1) is 19.4. The number of anilines is 1. The van der Waals surface area contributed by atoms with E-state index in [1.165, 1.54) is 36.7 Å². The quantitative estimate of drug-likeness (QED) is 0.271. The monoisotopic (exact) mass is 542 g/mol. The van der Waals surface area contributed by atoms with Gasteiger partial charge in [-0.15, -0.1) is 0 Å². The molecular formula is C31H34N4O5. The van der Waals surface area contributed by atoms with Crippen molar-refractivity contribution >= 4 is 28.7 Å². The molecule has 1 saturated carbocycles. The van der Waals surface area contributed by atoms with Gasteiger partial charge in [0.1, 0.15) is 23.7 Å². The maximum atomic E-state index is 13.5. The Morgan fingerprint density at radius 3 is 2.52 bits per heavy atom. The number of ether oxygens (including phenoxy) is 2. The molecule has 9 heteroatoms. The van der Waals surface area contributed by atoms with E-state index in [4.69, 9.17) is 14.5 Å². The van der Waals surface area contributed by atoms with Gasteiger partial charge in [-0.2, -0.15) is 0 Å². The van der Waals surface area contributed by atoms with Crippen molar-refractivity contribution in [3.8, 4) is 22.8 Å². The number of nitrogens with one attached hydrogen (secondary N) is 1. The van der Waals surface area contributed by atoms with Crippen LogP contribution >= 0.6 is 0 Å². The molecule has 2 N–H and O–H groups in total. The summed E-state index contributed by atoms with van der Waals surface area (Å²) in [6.07, 6.45) is 8.66. The number of rotatable bonds is 9. The number of hydrogen-bond acceptors (Lipinski definition) is 6. The summed E-state index contributed by atoms with van der Waals surface area (Å²) < 4.78 is 12.8. The lowest BCUT2D eigenvalue weighted by atomic mass is 9.84. The van der Waals surface area contributed by atoms with Gasteiger partial charge in [0.2, 0.25) is 5.95 Å². The Morgan fingerprint density at radius 2 is 1.80 bits per heavy atom.